The van der Waals surface area contributed by atoms with E-state index in [1.807, 2.05) is 0 Å². The standard InChI is InChI=1S/C13H20N2/c1-3-11-6-4-5-10(2)12(11)15-9-13(14)7-8-13/h4-6,15H,3,7-9,14H2,1-2H3. The lowest BCUT2D eigenvalue weighted by Gasteiger charge is -2.16. The maximum atomic E-state index is 6.07. The maximum Gasteiger partial charge on any atom is 0.0402 e. The van der Waals surface area contributed by atoms with Crippen LogP contribution in [0.3, 0.4) is 0 Å². The largest absolute Gasteiger partial charge is 0.383 e. The average molecular weight is 204 g/mol. The van der Waals surface area contributed by atoms with E-state index in [1.165, 1.54) is 16.8 Å². The van der Waals surface area contributed by atoms with Crippen molar-refractivity contribution < 1.29 is 0 Å². The lowest BCUT2D eigenvalue weighted by molar-refractivity contribution is 0.712. The van der Waals surface area contributed by atoms with Gasteiger partial charge in [-0.05, 0) is 37.3 Å². The Hall–Kier alpha value is -1.02. The Balaban J connectivity index is 2.11. The lowest BCUT2D eigenvalue weighted by Crippen LogP contribution is -2.31. The van der Waals surface area contributed by atoms with Crippen LogP contribution in [0.15, 0.2) is 18.2 Å². The molecule has 1 aromatic carbocycles. The third-order valence-corrected chi connectivity index (χ3v) is 3.25. The van der Waals surface area contributed by atoms with Crippen LogP contribution in [0, 0.1) is 6.92 Å². The topological polar surface area (TPSA) is 38.0 Å². The van der Waals surface area contributed by atoms with E-state index in [2.05, 4.69) is 37.4 Å². The van der Waals surface area contributed by atoms with Gasteiger partial charge in [-0.3, -0.25) is 0 Å². The van der Waals surface area contributed by atoms with Crippen LogP contribution >= 0.6 is 0 Å². The number of hydrogen-bond donors (Lipinski definition) is 2. The van der Waals surface area contributed by atoms with E-state index in [4.69, 9.17) is 5.73 Å². The molecule has 82 valence electrons. The summed E-state index contributed by atoms with van der Waals surface area (Å²) in [6, 6.07) is 6.46. The van der Waals surface area contributed by atoms with Crippen LogP contribution in [0.1, 0.15) is 30.9 Å². The van der Waals surface area contributed by atoms with Gasteiger partial charge in [-0.25, -0.2) is 0 Å². The second-order valence-electron chi connectivity index (χ2n) is 4.68. The molecule has 2 nitrogen and oxygen atoms in total. The van der Waals surface area contributed by atoms with Gasteiger partial charge in [0.25, 0.3) is 0 Å². The molecule has 0 spiro atoms. The highest BCUT2D eigenvalue weighted by atomic mass is 15.0. The first kappa shape index (κ1) is 10.5. The fraction of sp³-hybridized carbons (Fsp3) is 0.538. The molecule has 0 radical (unpaired) electrons. The number of rotatable bonds is 4. The summed E-state index contributed by atoms with van der Waals surface area (Å²) in [5, 5.41) is 3.51. The minimum atomic E-state index is 0.0767. The minimum absolute atomic E-state index is 0.0767. The van der Waals surface area contributed by atoms with E-state index in [0.29, 0.717) is 0 Å². The molecule has 0 atom stereocenters. The zero-order valence-electron chi connectivity index (χ0n) is 9.64. The Bertz CT molecular complexity index is 354. The number of nitrogens with two attached hydrogens (primary N) is 1. The van der Waals surface area contributed by atoms with Gasteiger partial charge in [-0.2, -0.15) is 0 Å². The quantitative estimate of drug-likeness (QED) is 0.790. The van der Waals surface area contributed by atoms with Gasteiger partial charge in [0.2, 0.25) is 0 Å². The Morgan fingerprint density at radius 3 is 2.73 bits per heavy atom. The second kappa shape index (κ2) is 3.86. The smallest absolute Gasteiger partial charge is 0.0402 e. The fourth-order valence-electron chi connectivity index (χ4n) is 1.88. The molecule has 0 aromatic heterocycles. The number of anilines is 1. The average Bonchev–Trinajstić information content (AvgIpc) is 2.95. The van der Waals surface area contributed by atoms with Gasteiger partial charge in [0.05, 0.1) is 0 Å². The van der Waals surface area contributed by atoms with Crippen LogP contribution in [0.25, 0.3) is 0 Å². The number of para-hydroxylation sites is 1. The number of aryl methyl sites for hydroxylation is 2. The lowest BCUT2D eigenvalue weighted by atomic mass is 10.1. The van der Waals surface area contributed by atoms with Gasteiger partial charge >= 0.3 is 0 Å². The fourth-order valence-corrected chi connectivity index (χ4v) is 1.88. The second-order valence-corrected chi connectivity index (χ2v) is 4.68. The Morgan fingerprint density at radius 2 is 2.13 bits per heavy atom. The Kier molecular flexibility index (Phi) is 2.70. The van der Waals surface area contributed by atoms with Crippen LogP contribution in [0.2, 0.25) is 0 Å². The van der Waals surface area contributed by atoms with Crippen molar-refractivity contribution in [2.24, 2.45) is 5.73 Å². The molecule has 1 aliphatic rings. The summed E-state index contributed by atoms with van der Waals surface area (Å²) < 4.78 is 0. The molecule has 15 heavy (non-hydrogen) atoms. The molecule has 0 heterocycles. The summed E-state index contributed by atoms with van der Waals surface area (Å²) >= 11 is 0. The van der Waals surface area contributed by atoms with E-state index in [-0.39, 0.29) is 5.54 Å². The van der Waals surface area contributed by atoms with Gasteiger partial charge in [-0.15, -0.1) is 0 Å². The zero-order chi connectivity index (χ0) is 10.9. The van der Waals surface area contributed by atoms with E-state index in [0.717, 1.165) is 25.8 Å². The molecule has 0 saturated heterocycles. The third kappa shape index (κ3) is 2.32. The molecule has 0 amide bonds. The predicted octanol–water partition coefficient (Wildman–Crippen LogP) is 2.46. The van der Waals surface area contributed by atoms with Gasteiger partial charge in [0.15, 0.2) is 0 Å². The van der Waals surface area contributed by atoms with Crippen molar-refractivity contribution in [2.45, 2.75) is 38.6 Å². The number of hydrogen-bond acceptors (Lipinski definition) is 2. The molecule has 2 rings (SSSR count). The first-order valence-electron chi connectivity index (χ1n) is 5.76. The number of benzene rings is 1. The highest BCUT2D eigenvalue weighted by Gasteiger charge is 2.37. The van der Waals surface area contributed by atoms with Crippen molar-refractivity contribution >= 4 is 5.69 Å². The van der Waals surface area contributed by atoms with Gasteiger partial charge in [0, 0.05) is 17.8 Å². The summed E-state index contributed by atoms with van der Waals surface area (Å²) in [5.41, 5.74) is 10.1. The summed E-state index contributed by atoms with van der Waals surface area (Å²) in [5.74, 6) is 0. The van der Waals surface area contributed by atoms with Crippen molar-refractivity contribution in [1.82, 2.24) is 0 Å². The zero-order valence-corrected chi connectivity index (χ0v) is 9.64. The van der Waals surface area contributed by atoms with Crippen LogP contribution in [0.5, 0.6) is 0 Å². The normalized spacial score (nSPS) is 17.5. The van der Waals surface area contributed by atoms with E-state index in [9.17, 15) is 0 Å². The maximum absolute atomic E-state index is 6.07. The summed E-state index contributed by atoms with van der Waals surface area (Å²) in [7, 11) is 0. The molecular formula is C13H20N2. The van der Waals surface area contributed by atoms with Crippen molar-refractivity contribution in [3.63, 3.8) is 0 Å². The summed E-state index contributed by atoms with van der Waals surface area (Å²) in [6.45, 7) is 5.25. The molecule has 0 bridgehead atoms. The van der Waals surface area contributed by atoms with Crippen LogP contribution in [-0.2, 0) is 6.42 Å². The Labute approximate surface area is 91.9 Å². The first-order valence-corrected chi connectivity index (χ1v) is 5.76. The van der Waals surface area contributed by atoms with E-state index in [1.54, 1.807) is 0 Å². The SMILES string of the molecule is CCc1cccc(C)c1NCC1(N)CC1. The monoisotopic (exact) mass is 204 g/mol. The Morgan fingerprint density at radius 1 is 1.40 bits per heavy atom. The van der Waals surface area contributed by atoms with E-state index >= 15 is 0 Å². The molecule has 1 aliphatic carbocycles. The minimum Gasteiger partial charge on any atom is -0.383 e. The molecule has 2 heteroatoms. The van der Waals surface area contributed by atoms with Crippen LogP contribution in [-0.4, -0.2) is 12.1 Å². The van der Waals surface area contributed by atoms with Gasteiger partial charge in [-0.1, -0.05) is 25.1 Å². The summed E-state index contributed by atoms with van der Waals surface area (Å²) in [4.78, 5) is 0. The van der Waals surface area contributed by atoms with Crippen LogP contribution in [0.4, 0.5) is 5.69 Å². The summed E-state index contributed by atoms with van der Waals surface area (Å²) in [6.07, 6.45) is 3.39. The molecule has 0 unspecified atom stereocenters. The highest BCUT2D eigenvalue weighted by molar-refractivity contribution is 5.57. The first-order chi connectivity index (χ1) is 7.14. The van der Waals surface area contributed by atoms with Gasteiger partial charge < -0.3 is 11.1 Å². The van der Waals surface area contributed by atoms with Crippen LogP contribution < -0.4 is 11.1 Å². The molecule has 0 aliphatic heterocycles. The highest BCUT2D eigenvalue weighted by Crippen LogP contribution is 2.33. The number of nitrogens with one attached hydrogen (secondary N) is 1. The molecular weight excluding hydrogens is 184 g/mol. The van der Waals surface area contributed by atoms with Crippen molar-refractivity contribution in [3.05, 3.63) is 29.3 Å². The van der Waals surface area contributed by atoms with Crippen molar-refractivity contribution in [3.8, 4) is 0 Å². The molecule has 1 fully saturated rings. The predicted molar refractivity (Wildman–Crippen MR) is 65.2 cm³/mol. The molecule has 3 N–H and O–H groups in total. The third-order valence-electron chi connectivity index (χ3n) is 3.25. The van der Waals surface area contributed by atoms with Crippen molar-refractivity contribution in [2.75, 3.05) is 11.9 Å². The van der Waals surface area contributed by atoms with E-state index < -0.39 is 0 Å². The van der Waals surface area contributed by atoms with Crippen molar-refractivity contribution in [1.29, 1.82) is 0 Å². The molecule has 1 saturated carbocycles. The van der Waals surface area contributed by atoms with Gasteiger partial charge in [0.1, 0.15) is 0 Å². The molecule has 1 aromatic rings.